The summed E-state index contributed by atoms with van der Waals surface area (Å²) < 4.78 is 22.3. The number of epoxide rings is 4. The monoisotopic (exact) mass is 436 g/mol. The summed E-state index contributed by atoms with van der Waals surface area (Å²) in [4.78, 5) is 14.0. The van der Waals surface area contributed by atoms with Crippen molar-refractivity contribution in [2.45, 2.75) is 50.1 Å². The third-order valence-electron chi connectivity index (χ3n) is 6.64. The average Bonchev–Trinajstić information content (AvgIpc) is 3.59. The molecular weight excluding hydrogens is 408 g/mol. The largest absolute Gasteiger partial charge is 0.399 e. The van der Waals surface area contributed by atoms with Crippen LogP contribution in [0.1, 0.15) is 38.2 Å². The first-order valence-corrected chi connectivity index (χ1v) is 11.4. The van der Waals surface area contributed by atoms with Crippen LogP contribution in [-0.4, -0.2) is 56.6 Å². The number of nitrogen functional groups attached to an aromatic ring is 2. The minimum absolute atomic E-state index is 0.0546. The summed E-state index contributed by atoms with van der Waals surface area (Å²) in [6.45, 7) is 3.03. The molecule has 0 spiro atoms. The molecule has 0 radical (unpaired) electrons. The van der Waals surface area contributed by atoms with E-state index in [0.29, 0.717) is 23.4 Å². The summed E-state index contributed by atoms with van der Waals surface area (Å²) in [6.07, 6.45) is 3.90. The molecule has 168 valence electrons. The fourth-order valence-corrected chi connectivity index (χ4v) is 4.63. The number of nitrogens with two attached hydrogens (primary N) is 2. The summed E-state index contributed by atoms with van der Waals surface area (Å²) in [5, 5.41) is 0. The Hall–Kier alpha value is -2.45. The molecule has 0 aliphatic carbocycles. The Morgan fingerprint density at radius 3 is 1.84 bits per heavy atom. The van der Waals surface area contributed by atoms with Crippen LogP contribution in [0.15, 0.2) is 24.3 Å². The lowest BCUT2D eigenvalue weighted by atomic mass is 9.81. The molecule has 7 heteroatoms. The number of carbonyl (C=O) groups excluding carboxylic acids is 1. The predicted molar refractivity (Wildman–Crippen MR) is 119 cm³/mol. The number of ketones is 1. The molecule has 4 aliphatic rings. The van der Waals surface area contributed by atoms with E-state index in [-0.39, 0.29) is 30.2 Å². The zero-order chi connectivity index (χ0) is 21.8. The molecule has 0 aromatic heterocycles. The second-order valence-electron chi connectivity index (χ2n) is 9.34. The highest BCUT2D eigenvalue weighted by atomic mass is 16.6. The molecule has 4 atom stereocenters. The van der Waals surface area contributed by atoms with Gasteiger partial charge in [-0.1, -0.05) is 6.07 Å². The molecule has 7 nitrogen and oxygen atoms in total. The highest BCUT2D eigenvalue weighted by molar-refractivity contribution is 6.14. The van der Waals surface area contributed by atoms with Gasteiger partial charge in [0.2, 0.25) is 0 Å². The molecule has 0 bridgehead atoms. The number of hydrogen-bond donors (Lipinski definition) is 2. The van der Waals surface area contributed by atoms with Crippen molar-refractivity contribution >= 4 is 17.2 Å². The van der Waals surface area contributed by atoms with E-state index < -0.39 is 0 Å². The van der Waals surface area contributed by atoms with Gasteiger partial charge in [-0.05, 0) is 40.5 Å². The van der Waals surface area contributed by atoms with Gasteiger partial charge < -0.3 is 30.4 Å². The van der Waals surface area contributed by atoms with Gasteiger partial charge in [-0.2, -0.15) is 0 Å². The van der Waals surface area contributed by atoms with E-state index >= 15 is 0 Å². The van der Waals surface area contributed by atoms with Crippen molar-refractivity contribution in [2.75, 3.05) is 37.9 Å². The smallest absolute Gasteiger partial charge is 0.195 e. The maximum atomic E-state index is 14.0. The Balaban J connectivity index is 1.51. The SMILES string of the molecule is Nc1ccc(C(=O)c2c(CC3CO3)cc(CC3CO3)c(CC3CO3)c2CC2CO2)c(N)c1. The van der Waals surface area contributed by atoms with Crippen molar-refractivity contribution < 1.29 is 23.7 Å². The van der Waals surface area contributed by atoms with Crippen LogP contribution < -0.4 is 11.5 Å². The summed E-state index contributed by atoms with van der Waals surface area (Å²) >= 11 is 0. The van der Waals surface area contributed by atoms with E-state index in [0.717, 1.165) is 62.4 Å². The van der Waals surface area contributed by atoms with Crippen molar-refractivity contribution in [1.29, 1.82) is 0 Å². The fourth-order valence-electron chi connectivity index (χ4n) is 4.63. The average molecular weight is 437 g/mol. The van der Waals surface area contributed by atoms with E-state index in [1.807, 2.05) is 0 Å². The lowest BCUT2D eigenvalue weighted by molar-refractivity contribution is 0.103. The molecule has 4 N–H and O–H groups in total. The second-order valence-corrected chi connectivity index (χ2v) is 9.34. The third-order valence-corrected chi connectivity index (χ3v) is 6.64. The first-order chi connectivity index (χ1) is 15.5. The molecule has 4 saturated heterocycles. The van der Waals surface area contributed by atoms with Gasteiger partial charge in [-0.25, -0.2) is 0 Å². The van der Waals surface area contributed by atoms with Crippen LogP contribution in [0.3, 0.4) is 0 Å². The number of rotatable bonds is 10. The van der Waals surface area contributed by atoms with Crippen LogP contribution in [0.5, 0.6) is 0 Å². The number of anilines is 2. The van der Waals surface area contributed by atoms with Crippen molar-refractivity contribution in [1.82, 2.24) is 0 Å². The first-order valence-electron chi connectivity index (χ1n) is 11.4. The van der Waals surface area contributed by atoms with Crippen molar-refractivity contribution in [3.8, 4) is 0 Å². The lowest BCUT2D eigenvalue weighted by Gasteiger charge is -2.22. The van der Waals surface area contributed by atoms with Gasteiger partial charge >= 0.3 is 0 Å². The topological polar surface area (TPSA) is 119 Å². The van der Waals surface area contributed by atoms with E-state index in [9.17, 15) is 4.79 Å². The van der Waals surface area contributed by atoms with Crippen LogP contribution in [0.2, 0.25) is 0 Å². The summed E-state index contributed by atoms with van der Waals surface area (Å²) in [7, 11) is 0. The van der Waals surface area contributed by atoms with E-state index in [4.69, 9.17) is 30.4 Å². The normalized spacial score (nSPS) is 27.2. The van der Waals surface area contributed by atoms with Gasteiger partial charge in [-0.15, -0.1) is 0 Å². The summed E-state index contributed by atoms with van der Waals surface area (Å²) in [6, 6.07) is 7.32. The van der Waals surface area contributed by atoms with Crippen LogP contribution in [-0.2, 0) is 44.6 Å². The third kappa shape index (κ3) is 4.38. The highest BCUT2D eigenvalue weighted by Gasteiger charge is 2.36. The minimum atomic E-state index is -0.0546. The number of ether oxygens (including phenoxy) is 4. The molecule has 4 heterocycles. The van der Waals surface area contributed by atoms with Crippen LogP contribution in [0.4, 0.5) is 11.4 Å². The second kappa shape index (κ2) is 7.85. The standard InChI is InChI=1S/C25H28N2O5/c26-15-1-2-20(23(27)6-15)25(28)24-14(5-17-10-30-17)3-13(4-16-9-29-16)21(7-18-11-31-18)22(24)8-19-12-32-19/h1-3,6,16-19H,4-5,7-12,26-27H2. The summed E-state index contributed by atoms with van der Waals surface area (Å²) in [5.74, 6) is -0.0546. The molecule has 32 heavy (non-hydrogen) atoms. The van der Waals surface area contributed by atoms with E-state index in [2.05, 4.69) is 6.07 Å². The maximum absolute atomic E-state index is 14.0. The zero-order valence-corrected chi connectivity index (χ0v) is 18.0. The summed E-state index contributed by atoms with van der Waals surface area (Å²) in [5.41, 5.74) is 18.9. The van der Waals surface area contributed by atoms with E-state index in [1.165, 1.54) is 11.1 Å². The van der Waals surface area contributed by atoms with Gasteiger partial charge in [0.25, 0.3) is 0 Å². The van der Waals surface area contributed by atoms with Gasteiger partial charge in [-0.3, -0.25) is 4.79 Å². The molecular formula is C25H28N2O5. The predicted octanol–water partition coefficient (Wildman–Crippen LogP) is 1.85. The minimum Gasteiger partial charge on any atom is -0.399 e. The fraction of sp³-hybridized carbons (Fsp3) is 0.480. The molecule has 2 aromatic carbocycles. The Bertz CT molecular complexity index is 1070. The highest BCUT2D eigenvalue weighted by Crippen LogP contribution is 2.36. The molecule has 4 unspecified atom stereocenters. The van der Waals surface area contributed by atoms with Gasteiger partial charge in [0, 0.05) is 48.2 Å². The zero-order valence-electron chi connectivity index (χ0n) is 18.0. The van der Waals surface area contributed by atoms with Gasteiger partial charge in [0.1, 0.15) is 0 Å². The van der Waals surface area contributed by atoms with E-state index in [1.54, 1.807) is 18.2 Å². The Kier molecular flexibility index (Phi) is 4.95. The molecule has 4 aliphatic heterocycles. The Morgan fingerprint density at radius 2 is 1.28 bits per heavy atom. The van der Waals surface area contributed by atoms with Crippen LogP contribution in [0.25, 0.3) is 0 Å². The van der Waals surface area contributed by atoms with Crippen molar-refractivity contribution in [2.24, 2.45) is 0 Å². The Labute approximate surface area is 187 Å². The first kappa shape index (κ1) is 20.2. The van der Waals surface area contributed by atoms with Gasteiger partial charge in [0.05, 0.1) is 50.8 Å². The van der Waals surface area contributed by atoms with Crippen molar-refractivity contribution in [3.05, 3.63) is 57.6 Å². The number of benzene rings is 2. The number of carbonyl (C=O) groups is 1. The van der Waals surface area contributed by atoms with Crippen molar-refractivity contribution in [3.63, 3.8) is 0 Å². The molecule has 0 saturated carbocycles. The maximum Gasteiger partial charge on any atom is 0.195 e. The molecule has 4 fully saturated rings. The molecule has 6 rings (SSSR count). The van der Waals surface area contributed by atoms with Crippen LogP contribution in [0, 0.1) is 0 Å². The quantitative estimate of drug-likeness (QED) is 0.331. The molecule has 2 aromatic rings. The Morgan fingerprint density at radius 1 is 0.750 bits per heavy atom. The molecule has 0 amide bonds. The number of hydrogen-bond acceptors (Lipinski definition) is 7. The lowest BCUT2D eigenvalue weighted by Crippen LogP contribution is -2.19. The van der Waals surface area contributed by atoms with Gasteiger partial charge in [0.15, 0.2) is 5.78 Å². The van der Waals surface area contributed by atoms with Crippen LogP contribution >= 0.6 is 0 Å².